The maximum Gasteiger partial charge on any atom is 0.157 e. The molecule has 4 nitrogen and oxygen atoms in total. The van der Waals surface area contributed by atoms with Crippen LogP contribution in [0.3, 0.4) is 0 Å². The summed E-state index contributed by atoms with van der Waals surface area (Å²) >= 11 is 0. The topological polar surface area (TPSA) is 63.9 Å². The van der Waals surface area contributed by atoms with Crippen LogP contribution in [0.25, 0.3) is 0 Å². The van der Waals surface area contributed by atoms with Gasteiger partial charge in [0.25, 0.3) is 0 Å². The number of hydrogen-bond donors (Lipinski definition) is 3. The number of aromatic hydroxyl groups is 2. The maximum absolute atomic E-state index is 11.4. The van der Waals surface area contributed by atoms with Crippen molar-refractivity contribution in [1.82, 2.24) is 4.90 Å². The zero-order chi connectivity index (χ0) is 16.4. The summed E-state index contributed by atoms with van der Waals surface area (Å²) in [6.07, 6.45) is 7.85. The van der Waals surface area contributed by atoms with E-state index in [9.17, 15) is 15.3 Å². The molecule has 1 saturated carbocycles. The van der Waals surface area contributed by atoms with E-state index in [4.69, 9.17) is 0 Å². The van der Waals surface area contributed by atoms with E-state index in [1.165, 1.54) is 12.5 Å². The molecule has 0 bridgehead atoms. The van der Waals surface area contributed by atoms with Gasteiger partial charge in [-0.3, -0.25) is 4.90 Å². The summed E-state index contributed by atoms with van der Waals surface area (Å²) in [6.45, 7) is 5.60. The fourth-order valence-corrected chi connectivity index (χ4v) is 4.49. The lowest BCUT2D eigenvalue weighted by Gasteiger charge is -2.53. The number of phenols is 2. The van der Waals surface area contributed by atoms with Crippen LogP contribution in [0, 0.1) is 5.92 Å². The van der Waals surface area contributed by atoms with Crippen LogP contribution in [0.15, 0.2) is 30.9 Å². The van der Waals surface area contributed by atoms with Gasteiger partial charge in [0, 0.05) is 12.6 Å². The van der Waals surface area contributed by atoms with Gasteiger partial charge in [0.05, 0.1) is 5.60 Å². The van der Waals surface area contributed by atoms with E-state index in [0.29, 0.717) is 12.3 Å². The first-order valence-corrected chi connectivity index (χ1v) is 8.63. The monoisotopic (exact) mass is 317 g/mol. The fourth-order valence-electron chi connectivity index (χ4n) is 4.49. The van der Waals surface area contributed by atoms with E-state index < -0.39 is 5.60 Å². The molecular formula is C19H27NO3. The van der Waals surface area contributed by atoms with Gasteiger partial charge in [0.2, 0.25) is 0 Å². The molecule has 3 rings (SSSR count). The van der Waals surface area contributed by atoms with E-state index in [2.05, 4.69) is 11.5 Å². The van der Waals surface area contributed by atoms with E-state index in [1.807, 2.05) is 12.1 Å². The Morgan fingerprint density at radius 1 is 1.22 bits per heavy atom. The second-order valence-corrected chi connectivity index (χ2v) is 7.05. The van der Waals surface area contributed by atoms with Crippen molar-refractivity contribution < 1.29 is 15.3 Å². The Kier molecular flexibility index (Phi) is 4.64. The number of likely N-dealkylation sites (tertiary alicyclic amines) is 1. The SMILES string of the molecule is C=CCN1CCC2CCCCC2(O)[C@H]1Cc1ccc(O)c(O)c1. The standard InChI is InChI=1S/C19H27NO3/c1-2-10-20-11-8-15-5-3-4-9-19(15,23)18(20)13-14-6-7-16(21)17(22)12-14/h2,6-7,12,15,18,21-23H,1,3-5,8-11,13H2/t15?,18-,19?/m1/s1. The van der Waals surface area contributed by atoms with Gasteiger partial charge in [0.15, 0.2) is 11.5 Å². The lowest BCUT2D eigenvalue weighted by atomic mass is 9.66. The van der Waals surface area contributed by atoms with Crippen molar-refractivity contribution >= 4 is 0 Å². The van der Waals surface area contributed by atoms with Gasteiger partial charge in [-0.15, -0.1) is 6.58 Å². The number of rotatable bonds is 4. The molecule has 1 aliphatic heterocycles. The van der Waals surface area contributed by atoms with Gasteiger partial charge in [-0.05, 0) is 55.8 Å². The molecule has 1 saturated heterocycles. The molecule has 1 heterocycles. The van der Waals surface area contributed by atoms with Crippen molar-refractivity contribution in [1.29, 1.82) is 0 Å². The van der Waals surface area contributed by atoms with Crippen LogP contribution in [-0.2, 0) is 6.42 Å². The molecule has 0 amide bonds. The molecule has 4 heteroatoms. The van der Waals surface area contributed by atoms with E-state index in [0.717, 1.165) is 44.3 Å². The molecular weight excluding hydrogens is 290 g/mol. The summed E-state index contributed by atoms with van der Waals surface area (Å²) in [7, 11) is 0. The predicted octanol–water partition coefficient (Wildman–Crippen LogP) is 2.82. The van der Waals surface area contributed by atoms with Gasteiger partial charge in [0.1, 0.15) is 0 Å². The van der Waals surface area contributed by atoms with Crippen molar-refractivity contribution in [2.24, 2.45) is 5.92 Å². The summed E-state index contributed by atoms with van der Waals surface area (Å²) < 4.78 is 0. The molecule has 3 atom stereocenters. The third-order valence-electron chi connectivity index (χ3n) is 5.70. The van der Waals surface area contributed by atoms with E-state index >= 15 is 0 Å². The zero-order valence-corrected chi connectivity index (χ0v) is 13.6. The first kappa shape index (κ1) is 16.3. The number of benzene rings is 1. The first-order valence-electron chi connectivity index (χ1n) is 8.63. The molecule has 2 unspecified atom stereocenters. The minimum Gasteiger partial charge on any atom is -0.504 e. The van der Waals surface area contributed by atoms with Crippen molar-refractivity contribution in [2.45, 2.75) is 50.2 Å². The highest BCUT2D eigenvalue weighted by Crippen LogP contribution is 2.44. The summed E-state index contributed by atoms with van der Waals surface area (Å²) in [5.74, 6) is 0.170. The summed E-state index contributed by atoms with van der Waals surface area (Å²) in [5, 5.41) is 30.7. The largest absolute Gasteiger partial charge is 0.504 e. The third kappa shape index (κ3) is 3.10. The summed E-state index contributed by atoms with van der Waals surface area (Å²) in [4.78, 5) is 2.32. The average molecular weight is 317 g/mol. The summed E-state index contributed by atoms with van der Waals surface area (Å²) in [6, 6.07) is 4.99. The van der Waals surface area contributed by atoms with Gasteiger partial charge in [-0.2, -0.15) is 0 Å². The predicted molar refractivity (Wildman–Crippen MR) is 90.6 cm³/mol. The van der Waals surface area contributed by atoms with Crippen LogP contribution in [0.2, 0.25) is 0 Å². The van der Waals surface area contributed by atoms with Crippen molar-refractivity contribution in [3.63, 3.8) is 0 Å². The molecule has 1 aliphatic carbocycles. The van der Waals surface area contributed by atoms with Crippen LogP contribution < -0.4 is 0 Å². The Morgan fingerprint density at radius 2 is 2.04 bits per heavy atom. The Morgan fingerprint density at radius 3 is 2.78 bits per heavy atom. The molecule has 2 aliphatic rings. The van der Waals surface area contributed by atoms with Crippen LogP contribution in [0.1, 0.15) is 37.7 Å². The molecule has 0 aromatic heterocycles. The maximum atomic E-state index is 11.4. The Labute approximate surface area is 138 Å². The zero-order valence-electron chi connectivity index (χ0n) is 13.6. The average Bonchev–Trinajstić information content (AvgIpc) is 2.53. The first-order chi connectivity index (χ1) is 11.0. The Bertz CT molecular complexity index is 574. The van der Waals surface area contributed by atoms with Crippen LogP contribution >= 0.6 is 0 Å². The Balaban J connectivity index is 1.88. The van der Waals surface area contributed by atoms with Crippen LogP contribution in [-0.4, -0.2) is 45.0 Å². The van der Waals surface area contributed by atoms with E-state index in [-0.39, 0.29) is 17.5 Å². The van der Waals surface area contributed by atoms with Crippen molar-refractivity contribution in [2.75, 3.05) is 13.1 Å². The van der Waals surface area contributed by atoms with E-state index in [1.54, 1.807) is 6.07 Å². The number of aliphatic hydroxyl groups is 1. The normalized spacial score (nSPS) is 31.5. The van der Waals surface area contributed by atoms with Crippen molar-refractivity contribution in [3.05, 3.63) is 36.4 Å². The highest BCUT2D eigenvalue weighted by Gasteiger charge is 2.49. The molecule has 0 radical (unpaired) electrons. The second-order valence-electron chi connectivity index (χ2n) is 7.05. The number of piperidine rings is 1. The Hall–Kier alpha value is -1.52. The van der Waals surface area contributed by atoms with Gasteiger partial charge < -0.3 is 15.3 Å². The van der Waals surface area contributed by atoms with Gasteiger partial charge in [-0.1, -0.05) is 25.0 Å². The molecule has 0 spiro atoms. The fraction of sp³-hybridized carbons (Fsp3) is 0.579. The second kappa shape index (κ2) is 6.54. The smallest absolute Gasteiger partial charge is 0.157 e. The number of nitrogens with zero attached hydrogens (tertiary/aromatic N) is 1. The minimum absolute atomic E-state index is 0.0310. The number of hydrogen-bond acceptors (Lipinski definition) is 4. The van der Waals surface area contributed by atoms with Crippen LogP contribution in [0.5, 0.6) is 11.5 Å². The number of phenolic OH excluding ortho intramolecular Hbond substituents is 2. The third-order valence-corrected chi connectivity index (χ3v) is 5.70. The molecule has 1 aromatic carbocycles. The highest BCUT2D eigenvalue weighted by atomic mass is 16.3. The van der Waals surface area contributed by atoms with Gasteiger partial charge in [-0.25, -0.2) is 0 Å². The number of fused-ring (bicyclic) bond motifs is 1. The molecule has 1 aromatic rings. The van der Waals surface area contributed by atoms with Crippen molar-refractivity contribution in [3.8, 4) is 11.5 Å². The minimum atomic E-state index is -0.660. The lowest BCUT2D eigenvalue weighted by molar-refractivity contribution is -0.138. The van der Waals surface area contributed by atoms with Gasteiger partial charge >= 0.3 is 0 Å². The lowest BCUT2D eigenvalue weighted by Crippen LogP contribution is -2.63. The molecule has 23 heavy (non-hydrogen) atoms. The molecule has 126 valence electrons. The van der Waals surface area contributed by atoms with Crippen LogP contribution in [0.4, 0.5) is 0 Å². The molecule has 3 N–H and O–H groups in total. The summed E-state index contributed by atoms with van der Waals surface area (Å²) in [5.41, 5.74) is 0.284. The quantitative estimate of drug-likeness (QED) is 0.590. The molecule has 2 fully saturated rings. The highest BCUT2D eigenvalue weighted by molar-refractivity contribution is 5.41.